The van der Waals surface area contributed by atoms with Crippen LogP contribution < -0.4 is 11.2 Å². The van der Waals surface area contributed by atoms with E-state index < -0.39 is 11.2 Å². The van der Waals surface area contributed by atoms with Crippen LogP contribution in [-0.4, -0.2) is 15.1 Å². The Kier molecular flexibility index (Phi) is 10.2. The predicted octanol–water partition coefficient (Wildman–Crippen LogP) is 4.01. The summed E-state index contributed by atoms with van der Waals surface area (Å²) in [4.78, 5) is 26.9. The van der Waals surface area contributed by atoms with Gasteiger partial charge in [0.25, 0.3) is 5.56 Å². The number of aromatic nitrogens is 2. The standard InChI is InChI=1S/C18H32N2O3/c1-2-3-4-5-6-7-8-9-10-11-12-13-14-15-16(21)19-18(23)20-17(15)22/h2-14H2,1H3,(H3,19,20,21,22,23). The van der Waals surface area contributed by atoms with Gasteiger partial charge in [-0.3, -0.25) is 14.8 Å². The van der Waals surface area contributed by atoms with E-state index in [1.807, 2.05) is 0 Å². The van der Waals surface area contributed by atoms with Gasteiger partial charge in [-0.1, -0.05) is 77.6 Å². The van der Waals surface area contributed by atoms with Gasteiger partial charge in [0.1, 0.15) is 0 Å². The number of H-pyrrole nitrogens is 2. The number of hydrogen-bond donors (Lipinski definition) is 3. The molecule has 3 N–H and O–H groups in total. The number of unbranched alkanes of at least 4 members (excludes halogenated alkanes) is 11. The number of rotatable bonds is 13. The van der Waals surface area contributed by atoms with Gasteiger partial charge >= 0.3 is 5.69 Å². The molecule has 0 atom stereocenters. The molecule has 0 aliphatic rings. The first-order chi connectivity index (χ1) is 11.1. The largest absolute Gasteiger partial charge is 0.494 e. The Morgan fingerprint density at radius 1 is 0.739 bits per heavy atom. The summed E-state index contributed by atoms with van der Waals surface area (Å²) in [7, 11) is 0. The molecule has 5 heteroatoms. The van der Waals surface area contributed by atoms with Crippen molar-refractivity contribution < 1.29 is 5.11 Å². The van der Waals surface area contributed by atoms with Crippen molar-refractivity contribution in [1.82, 2.24) is 9.97 Å². The van der Waals surface area contributed by atoms with Crippen LogP contribution in [0.5, 0.6) is 5.88 Å². The Balaban J connectivity index is 2.00. The van der Waals surface area contributed by atoms with Crippen molar-refractivity contribution in [2.75, 3.05) is 0 Å². The summed E-state index contributed by atoms with van der Waals surface area (Å²) in [5, 5.41) is 9.57. The second-order valence-corrected chi connectivity index (χ2v) is 6.37. The second-order valence-electron chi connectivity index (χ2n) is 6.37. The van der Waals surface area contributed by atoms with Crippen LogP contribution in [0.2, 0.25) is 0 Å². The lowest BCUT2D eigenvalue weighted by atomic mass is 10.0. The molecule has 0 aliphatic carbocycles. The number of hydrogen-bond acceptors (Lipinski definition) is 3. The summed E-state index contributed by atoms with van der Waals surface area (Å²) in [5.41, 5.74) is -0.850. The molecule has 1 rings (SSSR count). The van der Waals surface area contributed by atoms with Crippen LogP contribution in [0, 0.1) is 0 Å². The van der Waals surface area contributed by atoms with Crippen molar-refractivity contribution >= 4 is 0 Å². The van der Waals surface area contributed by atoms with Crippen molar-refractivity contribution in [3.8, 4) is 5.88 Å². The van der Waals surface area contributed by atoms with Gasteiger partial charge in [0.2, 0.25) is 5.88 Å². The van der Waals surface area contributed by atoms with Gasteiger partial charge in [0.05, 0.1) is 5.56 Å². The van der Waals surface area contributed by atoms with Gasteiger partial charge in [-0.2, -0.15) is 0 Å². The topological polar surface area (TPSA) is 85.9 Å². The molecule has 0 aromatic carbocycles. The molecule has 1 aromatic rings. The molecular weight excluding hydrogens is 292 g/mol. The molecule has 0 saturated heterocycles. The maximum absolute atomic E-state index is 11.6. The van der Waals surface area contributed by atoms with Crippen LogP contribution >= 0.6 is 0 Å². The number of aromatic hydroxyl groups is 1. The molecule has 0 fully saturated rings. The lowest BCUT2D eigenvalue weighted by Gasteiger charge is -2.04. The van der Waals surface area contributed by atoms with E-state index in [0.29, 0.717) is 6.42 Å². The summed E-state index contributed by atoms with van der Waals surface area (Å²) >= 11 is 0. The number of nitrogens with one attached hydrogen (secondary N) is 2. The maximum atomic E-state index is 11.6. The molecule has 0 amide bonds. The first-order valence-corrected chi connectivity index (χ1v) is 9.19. The summed E-state index contributed by atoms with van der Waals surface area (Å²) in [5.74, 6) is -0.290. The van der Waals surface area contributed by atoms with Gasteiger partial charge in [-0.05, 0) is 12.8 Å². The average Bonchev–Trinajstić information content (AvgIpc) is 2.50. The summed E-state index contributed by atoms with van der Waals surface area (Å²) in [6.45, 7) is 2.24. The molecule has 0 aliphatic heterocycles. The molecule has 1 heterocycles. The first kappa shape index (κ1) is 19.5. The molecule has 5 nitrogen and oxygen atoms in total. The summed E-state index contributed by atoms with van der Waals surface area (Å²) < 4.78 is 0. The Morgan fingerprint density at radius 2 is 1.22 bits per heavy atom. The zero-order valence-electron chi connectivity index (χ0n) is 14.5. The van der Waals surface area contributed by atoms with Crippen molar-refractivity contribution in [3.63, 3.8) is 0 Å². The SMILES string of the molecule is CCCCCCCCCCCCCCc1c(O)[nH]c(=O)[nH]c1=O. The quantitative estimate of drug-likeness (QED) is 0.479. The zero-order chi connectivity index (χ0) is 16.9. The highest BCUT2D eigenvalue weighted by molar-refractivity contribution is 5.20. The Bertz CT molecular complexity index is 534. The lowest BCUT2D eigenvalue weighted by molar-refractivity contribution is 0.438. The number of aromatic amines is 2. The van der Waals surface area contributed by atoms with E-state index in [2.05, 4.69) is 16.9 Å². The van der Waals surface area contributed by atoms with E-state index >= 15 is 0 Å². The maximum Gasteiger partial charge on any atom is 0.328 e. The third kappa shape index (κ3) is 8.62. The van der Waals surface area contributed by atoms with E-state index in [9.17, 15) is 14.7 Å². The van der Waals surface area contributed by atoms with Gasteiger partial charge in [0.15, 0.2) is 0 Å². The first-order valence-electron chi connectivity index (χ1n) is 9.19. The van der Waals surface area contributed by atoms with E-state index in [1.165, 1.54) is 57.8 Å². The molecule has 132 valence electrons. The fourth-order valence-corrected chi connectivity index (χ4v) is 2.88. The van der Waals surface area contributed by atoms with Crippen LogP contribution in [-0.2, 0) is 6.42 Å². The molecule has 0 bridgehead atoms. The fraction of sp³-hybridized carbons (Fsp3) is 0.778. The highest BCUT2D eigenvalue weighted by Crippen LogP contribution is 2.14. The molecule has 0 unspecified atom stereocenters. The predicted molar refractivity (Wildman–Crippen MR) is 94.1 cm³/mol. The second kappa shape index (κ2) is 12.0. The van der Waals surface area contributed by atoms with E-state index in [-0.39, 0.29) is 11.4 Å². The minimum atomic E-state index is -0.661. The van der Waals surface area contributed by atoms with Crippen LogP contribution in [0.25, 0.3) is 0 Å². The van der Waals surface area contributed by atoms with Crippen LogP contribution in [0.15, 0.2) is 9.59 Å². The third-order valence-electron chi connectivity index (χ3n) is 4.30. The van der Waals surface area contributed by atoms with Gasteiger partial charge in [-0.15, -0.1) is 0 Å². The van der Waals surface area contributed by atoms with Crippen molar-refractivity contribution in [3.05, 3.63) is 26.4 Å². The molecule has 0 saturated carbocycles. The summed E-state index contributed by atoms with van der Waals surface area (Å²) in [6.07, 6.45) is 15.6. The molecule has 23 heavy (non-hydrogen) atoms. The Hall–Kier alpha value is -1.52. The van der Waals surface area contributed by atoms with Crippen LogP contribution in [0.3, 0.4) is 0 Å². The fourth-order valence-electron chi connectivity index (χ4n) is 2.88. The molecule has 0 radical (unpaired) electrons. The van der Waals surface area contributed by atoms with E-state index in [4.69, 9.17) is 0 Å². The normalized spacial score (nSPS) is 11.0. The minimum absolute atomic E-state index is 0.289. The van der Waals surface area contributed by atoms with Crippen molar-refractivity contribution in [2.45, 2.75) is 90.4 Å². The highest BCUT2D eigenvalue weighted by Gasteiger charge is 2.07. The van der Waals surface area contributed by atoms with Gasteiger partial charge in [0, 0.05) is 0 Å². The molecule has 0 spiro atoms. The van der Waals surface area contributed by atoms with E-state index in [0.717, 1.165) is 19.3 Å². The minimum Gasteiger partial charge on any atom is -0.494 e. The highest BCUT2D eigenvalue weighted by atomic mass is 16.3. The third-order valence-corrected chi connectivity index (χ3v) is 4.30. The lowest BCUT2D eigenvalue weighted by Crippen LogP contribution is -2.25. The average molecular weight is 324 g/mol. The van der Waals surface area contributed by atoms with Crippen LogP contribution in [0.4, 0.5) is 0 Å². The zero-order valence-corrected chi connectivity index (χ0v) is 14.5. The Labute approximate surface area is 138 Å². The Morgan fingerprint density at radius 3 is 1.70 bits per heavy atom. The van der Waals surface area contributed by atoms with E-state index in [1.54, 1.807) is 0 Å². The van der Waals surface area contributed by atoms with Crippen molar-refractivity contribution in [2.24, 2.45) is 0 Å². The van der Waals surface area contributed by atoms with Gasteiger partial charge < -0.3 is 5.11 Å². The monoisotopic (exact) mass is 324 g/mol. The smallest absolute Gasteiger partial charge is 0.328 e. The van der Waals surface area contributed by atoms with Crippen LogP contribution in [0.1, 0.15) is 89.5 Å². The molecular formula is C18H32N2O3. The molecule has 1 aromatic heterocycles. The van der Waals surface area contributed by atoms with Gasteiger partial charge in [-0.25, -0.2) is 4.79 Å². The van der Waals surface area contributed by atoms with Crippen molar-refractivity contribution in [1.29, 1.82) is 0 Å². The summed E-state index contributed by atoms with van der Waals surface area (Å²) in [6, 6.07) is 0.